The molecule has 0 saturated carbocycles. The number of aryl methyl sites for hydroxylation is 1. The van der Waals surface area contributed by atoms with E-state index in [1.807, 2.05) is 38.1 Å². The summed E-state index contributed by atoms with van der Waals surface area (Å²) in [5.41, 5.74) is 2.91. The lowest BCUT2D eigenvalue weighted by atomic mass is 9.96. The maximum Gasteiger partial charge on any atom is 0.223 e. The first kappa shape index (κ1) is 21.8. The zero-order valence-corrected chi connectivity index (χ0v) is 18.3. The Morgan fingerprint density at radius 2 is 1.83 bits per heavy atom. The Morgan fingerprint density at radius 1 is 1.17 bits per heavy atom. The number of carbonyl (C=O) groups excluding carboxylic acids is 1. The van der Waals surface area contributed by atoms with E-state index in [4.69, 9.17) is 11.6 Å². The molecule has 2 aromatic rings. The van der Waals surface area contributed by atoms with Crippen molar-refractivity contribution in [1.29, 1.82) is 0 Å². The number of nitrogens with one attached hydrogen (secondary N) is 1. The Bertz CT molecular complexity index is 952. The van der Waals surface area contributed by atoms with E-state index in [0.717, 1.165) is 5.56 Å². The van der Waals surface area contributed by atoms with E-state index in [0.29, 0.717) is 36.5 Å². The number of halogens is 1. The third kappa shape index (κ3) is 5.81. The monoisotopic (exact) mass is 434 g/mol. The molecule has 1 heterocycles. The molecule has 1 fully saturated rings. The lowest BCUT2D eigenvalue weighted by Crippen LogP contribution is -2.43. The van der Waals surface area contributed by atoms with Gasteiger partial charge in [0.25, 0.3) is 0 Å². The molecule has 7 heteroatoms. The maximum atomic E-state index is 12.7. The van der Waals surface area contributed by atoms with Crippen LogP contribution >= 0.6 is 11.6 Å². The quantitative estimate of drug-likeness (QED) is 0.745. The molecule has 1 amide bonds. The third-order valence-electron chi connectivity index (χ3n) is 5.39. The molecule has 1 unspecified atom stereocenters. The number of benzene rings is 2. The van der Waals surface area contributed by atoms with Gasteiger partial charge in [-0.05, 0) is 49.9 Å². The standard InChI is InChI=1S/C22H27ClN2O3S/c1-16-6-8-19(9-7-16)17(2)24-22(26)20-10-12-25(13-11-20)29(27,28)15-18-4-3-5-21(23)14-18/h3-9,14,17,20H,10-13,15H2,1-2H3,(H,24,26). The first-order valence-corrected chi connectivity index (χ1v) is 11.8. The molecule has 1 aliphatic rings. The predicted octanol–water partition coefficient (Wildman–Crippen LogP) is 4.07. The van der Waals surface area contributed by atoms with Crippen molar-refractivity contribution in [3.8, 4) is 0 Å². The zero-order valence-electron chi connectivity index (χ0n) is 16.8. The fourth-order valence-electron chi connectivity index (χ4n) is 3.59. The van der Waals surface area contributed by atoms with Crippen LogP contribution < -0.4 is 5.32 Å². The molecule has 1 N–H and O–H groups in total. The van der Waals surface area contributed by atoms with Gasteiger partial charge in [-0.3, -0.25) is 4.79 Å². The van der Waals surface area contributed by atoms with Gasteiger partial charge in [0.1, 0.15) is 0 Å². The largest absolute Gasteiger partial charge is 0.349 e. The summed E-state index contributed by atoms with van der Waals surface area (Å²) in [7, 11) is -3.43. The summed E-state index contributed by atoms with van der Waals surface area (Å²) in [5.74, 6) is -0.250. The average molecular weight is 435 g/mol. The summed E-state index contributed by atoms with van der Waals surface area (Å²) in [6.45, 7) is 4.72. The average Bonchev–Trinajstić information content (AvgIpc) is 2.68. The van der Waals surface area contributed by atoms with Crippen LogP contribution in [0, 0.1) is 12.8 Å². The Hall–Kier alpha value is -1.89. The van der Waals surface area contributed by atoms with Gasteiger partial charge in [0.05, 0.1) is 11.8 Å². The molecule has 1 atom stereocenters. The minimum absolute atomic E-state index is 0.00929. The first-order valence-electron chi connectivity index (χ1n) is 9.84. The second kappa shape index (κ2) is 9.28. The highest BCUT2D eigenvalue weighted by molar-refractivity contribution is 7.88. The summed E-state index contributed by atoms with van der Waals surface area (Å²) in [4.78, 5) is 12.6. The number of rotatable bonds is 6. The minimum Gasteiger partial charge on any atom is -0.349 e. The van der Waals surface area contributed by atoms with Crippen LogP contribution in [-0.2, 0) is 20.6 Å². The van der Waals surface area contributed by atoms with Crippen molar-refractivity contribution in [3.05, 3.63) is 70.2 Å². The molecule has 2 aromatic carbocycles. The maximum absolute atomic E-state index is 12.7. The molecule has 0 aliphatic carbocycles. The second-order valence-corrected chi connectivity index (χ2v) is 10.1. The van der Waals surface area contributed by atoms with E-state index in [9.17, 15) is 13.2 Å². The van der Waals surface area contributed by atoms with E-state index in [2.05, 4.69) is 5.32 Å². The number of piperidine rings is 1. The highest BCUT2D eigenvalue weighted by Gasteiger charge is 2.31. The van der Waals surface area contributed by atoms with Gasteiger partial charge in [-0.2, -0.15) is 0 Å². The van der Waals surface area contributed by atoms with Crippen LogP contribution in [0.25, 0.3) is 0 Å². The van der Waals surface area contributed by atoms with Gasteiger partial charge in [-0.15, -0.1) is 0 Å². The first-order chi connectivity index (χ1) is 13.7. The van der Waals surface area contributed by atoms with Crippen LogP contribution in [-0.4, -0.2) is 31.7 Å². The third-order valence-corrected chi connectivity index (χ3v) is 7.48. The molecule has 5 nitrogen and oxygen atoms in total. The molecule has 0 aromatic heterocycles. The summed E-state index contributed by atoms with van der Waals surface area (Å²) in [6, 6.07) is 14.9. The van der Waals surface area contributed by atoms with E-state index in [-0.39, 0.29) is 23.6 Å². The normalized spacial score (nSPS) is 17.1. The SMILES string of the molecule is Cc1ccc(C(C)NC(=O)C2CCN(S(=O)(=O)Cc3cccc(Cl)c3)CC2)cc1. The smallest absolute Gasteiger partial charge is 0.223 e. The fourth-order valence-corrected chi connectivity index (χ4v) is 5.36. The van der Waals surface area contributed by atoms with Crippen LogP contribution in [0.4, 0.5) is 0 Å². The number of amides is 1. The van der Waals surface area contributed by atoms with Crippen LogP contribution in [0.5, 0.6) is 0 Å². The van der Waals surface area contributed by atoms with E-state index in [1.165, 1.54) is 9.87 Å². The van der Waals surface area contributed by atoms with Gasteiger partial charge in [0.15, 0.2) is 0 Å². The van der Waals surface area contributed by atoms with Gasteiger partial charge in [0.2, 0.25) is 15.9 Å². The molecule has 0 spiro atoms. The van der Waals surface area contributed by atoms with E-state index < -0.39 is 10.0 Å². The summed E-state index contributed by atoms with van der Waals surface area (Å²) in [6.07, 6.45) is 1.06. The van der Waals surface area contributed by atoms with Gasteiger partial charge >= 0.3 is 0 Å². The Balaban J connectivity index is 1.54. The zero-order chi connectivity index (χ0) is 21.0. The highest BCUT2D eigenvalue weighted by atomic mass is 35.5. The number of hydrogen-bond acceptors (Lipinski definition) is 3. The molecule has 1 aliphatic heterocycles. The number of hydrogen-bond donors (Lipinski definition) is 1. The number of nitrogens with zero attached hydrogens (tertiary/aromatic N) is 1. The Morgan fingerprint density at radius 3 is 2.45 bits per heavy atom. The highest BCUT2D eigenvalue weighted by Crippen LogP contribution is 2.24. The molecule has 156 valence electrons. The summed E-state index contributed by atoms with van der Waals surface area (Å²) >= 11 is 5.95. The van der Waals surface area contributed by atoms with Crippen molar-refractivity contribution >= 4 is 27.5 Å². The molecule has 1 saturated heterocycles. The van der Waals surface area contributed by atoms with Crippen molar-refractivity contribution < 1.29 is 13.2 Å². The molecule has 29 heavy (non-hydrogen) atoms. The van der Waals surface area contributed by atoms with Crippen molar-refractivity contribution in [3.63, 3.8) is 0 Å². The minimum atomic E-state index is -3.43. The van der Waals surface area contributed by atoms with Crippen molar-refractivity contribution in [2.45, 2.75) is 38.5 Å². The second-order valence-electron chi connectivity index (χ2n) is 7.70. The predicted molar refractivity (Wildman–Crippen MR) is 116 cm³/mol. The van der Waals surface area contributed by atoms with Gasteiger partial charge in [0, 0.05) is 24.0 Å². The molecular weight excluding hydrogens is 408 g/mol. The molecular formula is C22H27ClN2O3S. The van der Waals surface area contributed by atoms with Gasteiger partial charge in [-0.25, -0.2) is 12.7 Å². The number of carbonyl (C=O) groups is 1. The van der Waals surface area contributed by atoms with Crippen LogP contribution in [0.1, 0.15) is 42.5 Å². The lowest BCUT2D eigenvalue weighted by Gasteiger charge is -2.31. The fraction of sp³-hybridized carbons (Fsp3) is 0.409. The molecule has 0 radical (unpaired) electrons. The number of sulfonamides is 1. The molecule has 3 rings (SSSR count). The van der Waals surface area contributed by atoms with Gasteiger partial charge in [-0.1, -0.05) is 53.6 Å². The van der Waals surface area contributed by atoms with Crippen LogP contribution in [0.2, 0.25) is 5.02 Å². The Kier molecular flexibility index (Phi) is 6.98. The topological polar surface area (TPSA) is 66.5 Å². The Labute approximate surface area is 178 Å². The van der Waals surface area contributed by atoms with E-state index >= 15 is 0 Å². The van der Waals surface area contributed by atoms with Crippen molar-refractivity contribution in [1.82, 2.24) is 9.62 Å². The van der Waals surface area contributed by atoms with Crippen LogP contribution in [0.15, 0.2) is 48.5 Å². The summed E-state index contributed by atoms with van der Waals surface area (Å²) < 4.78 is 26.9. The van der Waals surface area contributed by atoms with Gasteiger partial charge < -0.3 is 5.32 Å². The van der Waals surface area contributed by atoms with E-state index in [1.54, 1.807) is 24.3 Å². The summed E-state index contributed by atoms with van der Waals surface area (Å²) in [5, 5.41) is 3.59. The molecule has 0 bridgehead atoms. The van der Waals surface area contributed by atoms with Crippen molar-refractivity contribution in [2.75, 3.05) is 13.1 Å². The lowest BCUT2D eigenvalue weighted by molar-refractivity contribution is -0.126. The van der Waals surface area contributed by atoms with Crippen molar-refractivity contribution in [2.24, 2.45) is 5.92 Å². The van der Waals surface area contributed by atoms with Crippen LogP contribution in [0.3, 0.4) is 0 Å².